The van der Waals surface area contributed by atoms with E-state index in [-0.39, 0.29) is 6.10 Å². The molecule has 1 heterocycles. The van der Waals surface area contributed by atoms with Crippen LogP contribution < -0.4 is 0 Å². The topological polar surface area (TPSA) is 85.8 Å². The van der Waals surface area contributed by atoms with Crippen molar-refractivity contribution in [3.05, 3.63) is 11.6 Å². The van der Waals surface area contributed by atoms with E-state index in [1.165, 1.54) is 0 Å². The van der Waals surface area contributed by atoms with E-state index in [1.54, 1.807) is 26.3 Å². The van der Waals surface area contributed by atoms with Gasteiger partial charge in [-0.2, -0.15) is 5.26 Å². The number of hydrogen-bond acceptors (Lipinski definition) is 5. The van der Waals surface area contributed by atoms with Gasteiger partial charge in [0.15, 0.2) is 0 Å². The van der Waals surface area contributed by atoms with Gasteiger partial charge in [-0.05, 0) is 25.8 Å². The highest BCUT2D eigenvalue weighted by molar-refractivity contribution is 5.73. The van der Waals surface area contributed by atoms with Crippen molar-refractivity contribution in [2.24, 2.45) is 4.99 Å². The Morgan fingerprint density at radius 3 is 2.61 bits per heavy atom. The zero-order valence-corrected chi connectivity index (χ0v) is 11.2. The molecule has 1 fully saturated rings. The second-order valence-electron chi connectivity index (χ2n) is 3.99. The van der Waals surface area contributed by atoms with E-state index in [4.69, 9.17) is 20.2 Å². The van der Waals surface area contributed by atoms with Gasteiger partial charge in [-0.25, -0.2) is 0 Å². The van der Waals surface area contributed by atoms with Crippen LogP contribution in [0.5, 0.6) is 0 Å². The van der Waals surface area contributed by atoms with Crippen molar-refractivity contribution in [3.63, 3.8) is 0 Å². The molecule has 0 aromatic rings. The number of ether oxygens (including phenoxy) is 1. The van der Waals surface area contributed by atoms with E-state index in [9.17, 15) is 0 Å². The number of aliphatic hydroxyl groups is 2. The SMILES string of the molecule is CC/C(C#N)=C\C=NC.CC1OCCC(O)C1O. The van der Waals surface area contributed by atoms with Gasteiger partial charge in [0.2, 0.25) is 0 Å². The van der Waals surface area contributed by atoms with Crippen LogP contribution in [0.15, 0.2) is 16.6 Å². The fraction of sp³-hybridized carbons (Fsp3) is 0.692. The summed E-state index contributed by atoms with van der Waals surface area (Å²) in [5.41, 5.74) is 0.764. The van der Waals surface area contributed by atoms with Gasteiger partial charge >= 0.3 is 0 Å². The molecule has 0 saturated carbocycles. The molecule has 102 valence electrons. The third kappa shape index (κ3) is 6.50. The van der Waals surface area contributed by atoms with Crippen molar-refractivity contribution >= 4 is 6.21 Å². The van der Waals surface area contributed by atoms with Crippen molar-refractivity contribution in [2.45, 2.75) is 45.0 Å². The molecule has 18 heavy (non-hydrogen) atoms. The number of rotatable bonds is 2. The lowest BCUT2D eigenvalue weighted by molar-refractivity contribution is -0.127. The maximum Gasteiger partial charge on any atom is 0.106 e. The third-order valence-electron chi connectivity index (χ3n) is 2.62. The number of aliphatic imine (C=N–C) groups is 1. The summed E-state index contributed by atoms with van der Waals surface area (Å²) in [7, 11) is 1.68. The number of nitriles is 1. The zero-order chi connectivity index (χ0) is 14.0. The van der Waals surface area contributed by atoms with Gasteiger partial charge in [0.1, 0.15) is 6.10 Å². The van der Waals surface area contributed by atoms with Crippen LogP contribution in [0.3, 0.4) is 0 Å². The van der Waals surface area contributed by atoms with Gasteiger partial charge in [0.25, 0.3) is 0 Å². The number of hydrogen-bond donors (Lipinski definition) is 2. The van der Waals surface area contributed by atoms with Gasteiger partial charge in [-0.3, -0.25) is 4.99 Å². The molecule has 0 amide bonds. The molecule has 1 aliphatic rings. The van der Waals surface area contributed by atoms with Gasteiger partial charge in [0.05, 0.1) is 18.3 Å². The molecule has 0 aromatic heterocycles. The average molecular weight is 254 g/mol. The minimum Gasteiger partial charge on any atom is -0.390 e. The fourth-order valence-corrected chi connectivity index (χ4v) is 1.36. The summed E-state index contributed by atoms with van der Waals surface area (Å²) < 4.78 is 5.05. The van der Waals surface area contributed by atoms with Crippen molar-refractivity contribution in [2.75, 3.05) is 13.7 Å². The Morgan fingerprint density at radius 1 is 1.56 bits per heavy atom. The summed E-state index contributed by atoms with van der Waals surface area (Å²) in [6.07, 6.45) is 3.18. The van der Waals surface area contributed by atoms with E-state index in [2.05, 4.69) is 11.1 Å². The van der Waals surface area contributed by atoms with Gasteiger partial charge in [0, 0.05) is 25.4 Å². The lowest BCUT2D eigenvalue weighted by atomic mass is 10.0. The molecule has 1 aliphatic heterocycles. The quantitative estimate of drug-likeness (QED) is 0.570. The second kappa shape index (κ2) is 9.77. The maximum atomic E-state index is 9.07. The first-order valence-electron chi connectivity index (χ1n) is 6.05. The van der Waals surface area contributed by atoms with Crippen molar-refractivity contribution in [1.29, 1.82) is 5.26 Å². The highest BCUT2D eigenvalue weighted by Gasteiger charge is 2.27. The normalized spacial score (nSPS) is 28.4. The van der Waals surface area contributed by atoms with E-state index < -0.39 is 12.2 Å². The average Bonchev–Trinajstić information content (AvgIpc) is 2.38. The molecule has 5 nitrogen and oxygen atoms in total. The monoisotopic (exact) mass is 254 g/mol. The van der Waals surface area contributed by atoms with Crippen molar-refractivity contribution < 1.29 is 14.9 Å². The summed E-state index contributed by atoms with van der Waals surface area (Å²) in [6.45, 7) is 4.25. The zero-order valence-electron chi connectivity index (χ0n) is 11.2. The summed E-state index contributed by atoms with van der Waals surface area (Å²) in [4.78, 5) is 3.72. The first kappa shape index (κ1) is 16.8. The predicted molar refractivity (Wildman–Crippen MR) is 70.4 cm³/mol. The lowest BCUT2D eigenvalue weighted by Gasteiger charge is -2.29. The van der Waals surface area contributed by atoms with Gasteiger partial charge in [-0.15, -0.1) is 0 Å². The van der Waals surface area contributed by atoms with Crippen LogP contribution in [0.2, 0.25) is 0 Å². The number of nitrogens with zero attached hydrogens (tertiary/aromatic N) is 2. The Morgan fingerprint density at radius 2 is 2.22 bits per heavy atom. The van der Waals surface area contributed by atoms with E-state index in [0.29, 0.717) is 13.0 Å². The number of allylic oxidation sites excluding steroid dienone is 2. The van der Waals surface area contributed by atoms with E-state index in [1.807, 2.05) is 6.92 Å². The second-order valence-corrected chi connectivity index (χ2v) is 3.99. The number of aliphatic hydroxyl groups excluding tert-OH is 2. The van der Waals surface area contributed by atoms with Crippen molar-refractivity contribution in [3.8, 4) is 6.07 Å². The van der Waals surface area contributed by atoms with Crippen LogP contribution in [0, 0.1) is 11.3 Å². The molecule has 5 heteroatoms. The largest absolute Gasteiger partial charge is 0.390 e. The van der Waals surface area contributed by atoms with Gasteiger partial charge < -0.3 is 14.9 Å². The van der Waals surface area contributed by atoms with E-state index in [0.717, 1.165) is 12.0 Å². The minimum absolute atomic E-state index is 0.214. The fourth-order valence-electron chi connectivity index (χ4n) is 1.36. The first-order valence-corrected chi connectivity index (χ1v) is 6.05. The predicted octanol–water partition coefficient (Wildman–Crippen LogP) is 1.06. The van der Waals surface area contributed by atoms with Crippen LogP contribution in [0.1, 0.15) is 26.7 Å². The Labute approximate surface area is 108 Å². The molecule has 1 saturated heterocycles. The summed E-state index contributed by atoms with van der Waals surface area (Å²) in [5.74, 6) is 0. The van der Waals surface area contributed by atoms with Crippen molar-refractivity contribution in [1.82, 2.24) is 0 Å². The Bertz CT molecular complexity index is 311. The molecule has 0 aliphatic carbocycles. The minimum atomic E-state index is -0.696. The molecule has 3 atom stereocenters. The molecule has 1 rings (SSSR count). The van der Waals surface area contributed by atoms with Crippen LogP contribution in [0.4, 0.5) is 0 Å². The molecular weight excluding hydrogens is 232 g/mol. The molecule has 0 radical (unpaired) electrons. The standard InChI is InChI=1S/C7H10N2.C6H12O3/c1-3-7(6-8)4-5-9-2;1-4-6(8)5(7)2-3-9-4/h4-5H,3H2,1-2H3;4-8H,2-3H2,1H3/b7-4+,9-5?;. The molecule has 0 bridgehead atoms. The molecule has 2 N–H and O–H groups in total. The third-order valence-corrected chi connectivity index (χ3v) is 2.62. The molecule has 0 aromatic carbocycles. The molecule has 0 spiro atoms. The summed E-state index contributed by atoms with van der Waals surface area (Å²) in [5, 5.41) is 26.5. The molecule has 3 unspecified atom stereocenters. The van der Waals surface area contributed by atoms with Gasteiger partial charge in [-0.1, -0.05) is 6.92 Å². The van der Waals surface area contributed by atoms with Crippen LogP contribution >= 0.6 is 0 Å². The molecular formula is C13H22N2O3. The van der Waals surface area contributed by atoms with Crippen LogP contribution in [0.25, 0.3) is 0 Å². The Hall–Kier alpha value is -1.22. The Kier molecular flexibility index (Phi) is 9.11. The summed E-state index contributed by atoms with van der Waals surface area (Å²) >= 11 is 0. The maximum absolute atomic E-state index is 9.07. The van der Waals surface area contributed by atoms with E-state index >= 15 is 0 Å². The highest BCUT2D eigenvalue weighted by Crippen LogP contribution is 2.13. The first-order chi connectivity index (χ1) is 8.56. The summed E-state index contributed by atoms with van der Waals surface area (Å²) in [6, 6.07) is 2.06. The van der Waals surface area contributed by atoms with Crippen LogP contribution in [-0.4, -0.2) is 48.4 Å². The smallest absolute Gasteiger partial charge is 0.106 e. The lowest BCUT2D eigenvalue weighted by Crippen LogP contribution is -2.42. The van der Waals surface area contributed by atoms with Crippen LogP contribution in [-0.2, 0) is 4.74 Å². The highest BCUT2D eigenvalue weighted by atomic mass is 16.5. The Balaban J connectivity index is 0.000000321.